The van der Waals surface area contributed by atoms with Crippen molar-refractivity contribution in [2.75, 3.05) is 13.2 Å². The molecule has 0 saturated carbocycles. The number of ether oxygens (including phenoxy) is 3. The van der Waals surface area contributed by atoms with Gasteiger partial charge in [0.2, 0.25) is 5.78 Å². The van der Waals surface area contributed by atoms with E-state index >= 15 is 0 Å². The molecule has 0 N–H and O–H groups in total. The van der Waals surface area contributed by atoms with Crippen LogP contribution >= 0.6 is 15.9 Å². The standard InChI is InChI=1S/C20H15BrO5/c1-2-8-24-19(22)12-25-15-6-7-16-17(11-15)26-18(20(16)23)10-13-4-3-5-14(21)9-13/h2-7,9-11H,1,8,12H2. The van der Waals surface area contributed by atoms with E-state index in [0.717, 1.165) is 10.0 Å². The maximum Gasteiger partial charge on any atom is 0.344 e. The molecule has 2 aromatic rings. The van der Waals surface area contributed by atoms with E-state index in [9.17, 15) is 9.59 Å². The van der Waals surface area contributed by atoms with E-state index in [0.29, 0.717) is 17.1 Å². The Labute approximate surface area is 159 Å². The van der Waals surface area contributed by atoms with E-state index in [4.69, 9.17) is 14.2 Å². The molecule has 0 atom stereocenters. The highest BCUT2D eigenvalue weighted by Crippen LogP contribution is 2.35. The third-order valence-electron chi connectivity index (χ3n) is 3.51. The molecule has 0 radical (unpaired) electrons. The van der Waals surface area contributed by atoms with Crippen molar-refractivity contribution in [3.05, 3.63) is 76.5 Å². The second kappa shape index (κ2) is 8.01. The first-order chi connectivity index (χ1) is 12.6. The average molecular weight is 415 g/mol. The lowest BCUT2D eigenvalue weighted by atomic mass is 10.1. The molecule has 132 valence electrons. The molecule has 3 rings (SSSR count). The van der Waals surface area contributed by atoms with Crippen molar-refractivity contribution in [2.45, 2.75) is 0 Å². The fraction of sp³-hybridized carbons (Fsp3) is 0.100. The molecule has 1 heterocycles. The number of fused-ring (bicyclic) bond motifs is 1. The van der Waals surface area contributed by atoms with Gasteiger partial charge < -0.3 is 14.2 Å². The van der Waals surface area contributed by atoms with Crippen LogP contribution in [-0.4, -0.2) is 25.0 Å². The molecule has 0 amide bonds. The van der Waals surface area contributed by atoms with Crippen molar-refractivity contribution in [3.8, 4) is 11.5 Å². The molecule has 0 bridgehead atoms. The van der Waals surface area contributed by atoms with E-state index in [1.54, 1.807) is 24.3 Å². The third-order valence-corrected chi connectivity index (χ3v) is 4.00. The summed E-state index contributed by atoms with van der Waals surface area (Å²) in [5.74, 6) is 0.346. The Hall–Kier alpha value is -2.86. The number of Topliss-reactive ketones (excluding diaryl/α,β-unsaturated/α-hetero) is 1. The highest BCUT2D eigenvalue weighted by Gasteiger charge is 2.27. The number of esters is 1. The topological polar surface area (TPSA) is 61.8 Å². The number of halogens is 1. The average Bonchev–Trinajstić information content (AvgIpc) is 2.93. The number of hydrogen-bond donors (Lipinski definition) is 0. The van der Waals surface area contributed by atoms with Crippen molar-refractivity contribution < 1.29 is 23.8 Å². The minimum atomic E-state index is -0.502. The largest absolute Gasteiger partial charge is 0.482 e. The van der Waals surface area contributed by atoms with Gasteiger partial charge in [-0.1, -0.05) is 40.7 Å². The summed E-state index contributed by atoms with van der Waals surface area (Å²) in [6.45, 7) is 3.36. The Kier molecular flexibility index (Phi) is 5.53. The Morgan fingerprint density at radius 2 is 2.08 bits per heavy atom. The van der Waals surface area contributed by atoms with Gasteiger partial charge in [-0.3, -0.25) is 4.79 Å². The lowest BCUT2D eigenvalue weighted by molar-refractivity contribution is -0.144. The lowest BCUT2D eigenvalue weighted by Crippen LogP contribution is -2.14. The van der Waals surface area contributed by atoms with E-state index < -0.39 is 5.97 Å². The van der Waals surface area contributed by atoms with E-state index in [1.165, 1.54) is 6.08 Å². The zero-order chi connectivity index (χ0) is 18.5. The molecule has 0 aliphatic carbocycles. The Morgan fingerprint density at radius 1 is 1.23 bits per heavy atom. The van der Waals surface area contributed by atoms with Crippen LogP contribution in [0.2, 0.25) is 0 Å². The number of allylic oxidation sites excluding steroid dienone is 1. The second-order valence-corrected chi connectivity index (χ2v) is 6.33. The van der Waals surface area contributed by atoms with E-state index in [2.05, 4.69) is 22.5 Å². The summed E-state index contributed by atoms with van der Waals surface area (Å²) in [7, 11) is 0. The molecule has 0 unspecified atom stereocenters. The molecule has 2 aromatic carbocycles. The van der Waals surface area contributed by atoms with Crippen molar-refractivity contribution in [1.82, 2.24) is 0 Å². The maximum atomic E-state index is 12.5. The fourth-order valence-electron chi connectivity index (χ4n) is 2.34. The molecule has 0 aromatic heterocycles. The van der Waals surface area contributed by atoms with Crippen LogP contribution in [-0.2, 0) is 9.53 Å². The summed E-state index contributed by atoms with van der Waals surface area (Å²) in [6.07, 6.45) is 3.16. The second-order valence-electron chi connectivity index (χ2n) is 5.41. The van der Waals surface area contributed by atoms with Crippen LogP contribution in [0, 0.1) is 0 Å². The summed E-state index contributed by atoms with van der Waals surface area (Å²) in [5.41, 5.74) is 1.30. The molecule has 0 spiro atoms. The predicted molar refractivity (Wildman–Crippen MR) is 100 cm³/mol. The third kappa shape index (κ3) is 4.21. The van der Waals surface area contributed by atoms with Crippen molar-refractivity contribution in [1.29, 1.82) is 0 Å². The van der Waals surface area contributed by atoms with Gasteiger partial charge in [0, 0.05) is 10.5 Å². The zero-order valence-electron chi connectivity index (χ0n) is 13.7. The first-order valence-corrected chi connectivity index (χ1v) is 8.59. The number of ketones is 1. The summed E-state index contributed by atoms with van der Waals surface area (Å²) < 4.78 is 16.8. The first-order valence-electron chi connectivity index (χ1n) is 7.80. The van der Waals surface area contributed by atoms with Gasteiger partial charge in [0.25, 0.3) is 0 Å². The van der Waals surface area contributed by atoms with Crippen molar-refractivity contribution >= 4 is 33.8 Å². The molecule has 0 saturated heterocycles. The van der Waals surface area contributed by atoms with E-state index in [-0.39, 0.29) is 24.8 Å². The first kappa shape index (κ1) is 17.9. The van der Waals surface area contributed by atoms with Crippen LogP contribution in [0.5, 0.6) is 11.5 Å². The van der Waals surface area contributed by atoms with Gasteiger partial charge in [0.1, 0.15) is 18.1 Å². The van der Waals surface area contributed by atoms with Crippen LogP contribution in [0.15, 0.2) is 65.4 Å². The maximum absolute atomic E-state index is 12.5. The van der Waals surface area contributed by atoms with Gasteiger partial charge in [-0.25, -0.2) is 4.79 Å². The van der Waals surface area contributed by atoms with Crippen molar-refractivity contribution in [3.63, 3.8) is 0 Å². The quantitative estimate of drug-likeness (QED) is 0.403. The molecular weight excluding hydrogens is 400 g/mol. The summed E-state index contributed by atoms with van der Waals surface area (Å²) >= 11 is 3.39. The molecular formula is C20H15BrO5. The van der Waals surface area contributed by atoms with Crippen LogP contribution in [0.3, 0.4) is 0 Å². The number of carbonyl (C=O) groups excluding carboxylic acids is 2. The van der Waals surface area contributed by atoms with Crippen molar-refractivity contribution in [2.24, 2.45) is 0 Å². The van der Waals surface area contributed by atoms with Gasteiger partial charge in [-0.05, 0) is 35.9 Å². The lowest BCUT2D eigenvalue weighted by Gasteiger charge is -2.06. The van der Waals surface area contributed by atoms with E-state index in [1.807, 2.05) is 24.3 Å². The smallest absolute Gasteiger partial charge is 0.344 e. The highest BCUT2D eigenvalue weighted by atomic mass is 79.9. The number of benzene rings is 2. The molecule has 5 nitrogen and oxygen atoms in total. The van der Waals surface area contributed by atoms with Crippen LogP contribution in [0.4, 0.5) is 0 Å². The summed E-state index contributed by atoms with van der Waals surface area (Å²) in [5, 5.41) is 0. The molecule has 1 aliphatic heterocycles. The van der Waals surface area contributed by atoms with Crippen LogP contribution < -0.4 is 9.47 Å². The van der Waals surface area contributed by atoms with Gasteiger partial charge >= 0.3 is 5.97 Å². The van der Waals surface area contributed by atoms with Gasteiger partial charge in [0.15, 0.2) is 12.4 Å². The van der Waals surface area contributed by atoms with Gasteiger partial charge in [0.05, 0.1) is 5.56 Å². The Balaban J connectivity index is 1.72. The van der Waals surface area contributed by atoms with Crippen LogP contribution in [0.1, 0.15) is 15.9 Å². The van der Waals surface area contributed by atoms with Crippen LogP contribution in [0.25, 0.3) is 6.08 Å². The Morgan fingerprint density at radius 3 is 2.85 bits per heavy atom. The van der Waals surface area contributed by atoms with Gasteiger partial charge in [-0.2, -0.15) is 0 Å². The molecule has 0 fully saturated rings. The zero-order valence-corrected chi connectivity index (χ0v) is 15.3. The molecule has 6 heteroatoms. The SMILES string of the molecule is C=CCOC(=O)COc1ccc2c(c1)OC(=Cc1cccc(Br)c1)C2=O. The number of carbonyl (C=O) groups is 2. The normalized spacial score (nSPS) is 13.9. The number of rotatable bonds is 6. The predicted octanol–water partition coefficient (Wildman–Crippen LogP) is 4.17. The summed E-state index contributed by atoms with van der Waals surface area (Å²) in [6, 6.07) is 12.3. The molecule has 1 aliphatic rings. The minimum Gasteiger partial charge on any atom is -0.482 e. The van der Waals surface area contributed by atoms with Gasteiger partial charge in [-0.15, -0.1) is 0 Å². The number of hydrogen-bond acceptors (Lipinski definition) is 5. The minimum absolute atomic E-state index is 0.133. The molecule has 26 heavy (non-hydrogen) atoms. The Bertz CT molecular complexity index is 901. The highest BCUT2D eigenvalue weighted by molar-refractivity contribution is 9.10. The fourth-order valence-corrected chi connectivity index (χ4v) is 2.76. The summed E-state index contributed by atoms with van der Waals surface area (Å²) in [4.78, 5) is 23.9. The monoisotopic (exact) mass is 414 g/mol.